The minimum Gasteiger partial charge on any atom is -0.385 e. The van der Waals surface area contributed by atoms with Crippen molar-refractivity contribution in [2.75, 3.05) is 44.9 Å². The van der Waals surface area contributed by atoms with Crippen molar-refractivity contribution in [2.45, 2.75) is 0 Å². The number of aromatic nitrogens is 5. The molecule has 11 heteroatoms. The number of aliphatic imine (C=N–C) groups is 1. The van der Waals surface area contributed by atoms with Crippen molar-refractivity contribution in [3.63, 3.8) is 0 Å². The third kappa shape index (κ3) is 4.05. The van der Waals surface area contributed by atoms with E-state index in [2.05, 4.69) is 29.9 Å². The molecule has 3 aromatic heterocycles. The Morgan fingerprint density at radius 3 is 2.83 bits per heavy atom. The molecule has 4 rings (SSSR count). The lowest BCUT2D eigenvalue weighted by Gasteiger charge is -2.28. The van der Waals surface area contributed by atoms with Gasteiger partial charge in [0.05, 0.1) is 18.7 Å². The summed E-state index contributed by atoms with van der Waals surface area (Å²) in [5.41, 5.74) is 6.93. The van der Waals surface area contributed by atoms with E-state index < -0.39 is 5.91 Å². The van der Waals surface area contributed by atoms with Gasteiger partial charge in [-0.25, -0.2) is 14.6 Å². The second-order valence-electron chi connectivity index (χ2n) is 6.30. The number of nitrogens with zero attached hydrogens (tertiary/aromatic N) is 7. The van der Waals surface area contributed by atoms with Gasteiger partial charge in [-0.3, -0.25) is 4.79 Å². The normalized spacial score (nSPS) is 15.1. The Hall–Kier alpha value is -3.44. The zero-order valence-electron chi connectivity index (χ0n) is 15.9. The summed E-state index contributed by atoms with van der Waals surface area (Å²) in [6.07, 6.45) is 3.42. The molecule has 1 saturated heterocycles. The molecule has 1 aliphatic rings. The minimum absolute atomic E-state index is 0.0642. The van der Waals surface area contributed by atoms with Crippen molar-refractivity contribution in [1.82, 2.24) is 24.7 Å². The number of amides is 1. The third-order valence-corrected chi connectivity index (χ3v) is 4.29. The number of morpholine rings is 1. The molecule has 0 unspecified atom stereocenters. The number of methoxy groups -OCH3 is 1. The molecule has 0 bridgehead atoms. The molecular formula is C18H20N8O3. The lowest BCUT2D eigenvalue weighted by Crippen LogP contribution is -2.37. The average Bonchev–Trinajstić information content (AvgIpc) is 3.28. The van der Waals surface area contributed by atoms with Crippen molar-refractivity contribution in [3.05, 3.63) is 36.3 Å². The van der Waals surface area contributed by atoms with Gasteiger partial charge < -0.3 is 20.1 Å². The van der Waals surface area contributed by atoms with Gasteiger partial charge in [-0.05, 0) is 18.2 Å². The van der Waals surface area contributed by atoms with Crippen LogP contribution in [0.3, 0.4) is 0 Å². The Labute approximate surface area is 166 Å². The number of nitrogens with two attached hydrogens (primary N) is 1. The highest BCUT2D eigenvalue weighted by molar-refractivity contribution is 6.03. The molecule has 0 saturated carbocycles. The molecule has 4 heterocycles. The number of carbonyl (C=O) groups excluding carboxylic acids is 1. The van der Waals surface area contributed by atoms with E-state index in [9.17, 15) is 4.79 Å². The van der Waals surface area contributed by atoms with Crippen LogP contribution in [0.2, 0.25) is 0 Å². The predicted molar refractivity (Wildman–Crippen MR) is 105 cm³/mol. The number of pyridine rings is 1. The average molecular weight is 396 g/mol. The van der Waals surface area contributed by atoms with Gasteiger partial charge in [0, 0.05) is 32.6 Å². The standard InChI is InChI=1S/C18H20N8O3/c1-28-11-14(19)23-17(27)13-4-3-12-15(21-13)16(25-7-9-29-10-8-25)24-18(22-12)26-6-2-5-20-26/h2-6H,7-11H2,1H3,(H2,19,23,27). The molecule has 0 spiro atoms. The van der Waals surface area contributed by atoms with Crippen molar-refractivity contribution in [2.24, 2.45) is 10.7 Å². The molecule has 1 fully saturated rings. The molecule has 11 nitrogen and oxygen atoms in total. The van der Waals surface area contributed by atoms with Crippen molar-refractivity contribution in [3.8, 4) is 5.95 Å². The fraction of sp³-hybridized carbons (Fsp3) is 0.333. The quantitative estimate of drug-likeness (QED) is 0.474. The summed E-state index contributed by atoms with van der Waals surface area (Å²) in [6.45, 7) is 2.54. The van der Waals surface area contributed by atoms with Gasteiger partial charge in [0.2, 0.25) is 0 Å². The van der Waals surface area contributed by atoms with Gasteiger partial charge in [0.25, 0.3) is 11.9 Å². The number of fused-ring (bicyclic) bond motifs is 1. The lowest BCUT2D eigenvalue weighted by molar-refractivity contribution is 0.0997. The molecule has 2 N–H and O–H groups in total. The van der Waals surface area contributed by atoms with Crippen LogP contribution in [-0.2, 0) is 9.47 Å². The van der Waals surface area contributed by atoms with Gasteiger partial charge >= 0.3 is 0 Å². The molecule has 0 aliphatic carbocycles. The number of hydrogen-bond acceptors (Lipinski definition) is 8. The SMILES string of the molecule is COCC(N)=NC(=O)c1ccc2nc(-n3cccn3)nc(N3CCOCC3)c2n1. The van der Waals surface area contributed by atoms with Crippen LogP contribution in [0.25, 0.3) is 17.0 Å². The number of anilines is 1. The fourth-order valence-corrected chi connectivity index (χ4v) is 2.96. The fourth-order valence-electron chi connectivity index (χ4n) is 2.96. The minimum atomic E-state index is -0.550. The monoisotopic (exact) mass is 396 g/mol. The molecule has 0 radical (unpaired) electrons. The van der Waals surface area contributed by atoms with E-state index in [0.29, 0.717) is 49.1 Å². The topological polar surface area (TPSA) is 134 Å². The van der Waals surface area contributed by atoms with Crippen LogP contribution in [0.5, 0.6) is 0 Å². The Bertz CT molecular complexity index is 1040. The summed E-state index contributed by atoms with van der Waals surface area (Å²) in [4.78, 5) is 32.0. The number of amidine groups is 1. The number of carbonyl (C=O) groups is 1. The summed E-state index contributed by atoms with van der Waals surface area (Å²) in [6, 6.07) is 5.08. The molecule has 0 aromatic carbocycles. The Balaban J connectivity index is 1.80. The van der Waals surface area contributed by atoms with Gasteiger partial charge in [-0.2, -0.15) is 15.1 Å². The third-order valence-electron chi connectivity index (χ3n) is 4.29. The maximum atomic E-state index is 12.4. The van der Waals surface area contributed by atoms with Gasteiger partial charge in [-0.15, -0.1) is 0 Å². The zero-order valence-corrected chi connectivity index (χ0v) is 15.9. The van der Waals surface area contributed by atoms with Crippen LogP contribution in [0, 0.1) is 0 Å². The molecular weight excluding hydrogens is 376 g/mol. The van der Waals surface area contributed by atoms with E-state index in [1.807, 2.05) is 0 Å². The first kappa shape index (κ1) is 18.9. The molecule has 29 heavy (non-hydrogen) atoms. The lowest BCUT2D eigenvalue weighted by atomic mass is 10.2. The van der Waals surface area contributed by atoms with Crippen LogP contribution in [0.4, 0.5) is 5.82 Å². The summed E-state index contributed by atoms with van der Waals surface area (Å²) in [5, 5.41) is 4.21. The van der Waals surface area contributed by atoms with E-state index in [-0.39, 0.29) is 18.1 Å². The Kier molecular flexibility index (Phi) is 5.40. The second-order valence-corrected chi connectivity index (χ2v) is 6.30. The van der Waals surface area contributed by atoms with Gasteiger partial charge in [0.1, 0.15) is 23.7 Å². The first-order chi connectivity index (χ1) is 14.2. The van der Waals surface area contributed by atoms with E-state index in [4.69, 9.17) is 15.2 Å². The highest BCUT2D eigenvalue weighted by atomic mass is 16.5. The summed E-state index contributed by atoms with van der Waals surface area (Å²) >= 11 is 0. The summed E-state index contributed by atoms with van der Waals surface area (Å²) in [7, 11) is 1.48. The van der Waals surface area contributed by atoms with Crippen LogP contribution >= 0.6 is 0 Å². The van der Waals surface area contributed by atoms with Crippen molar-refractivity contribution >= 4 is 28.6 Å². The van der Waals surface area contributed by atoms with Crippen molar-refractivity contribution < 1.29 is 14.3 Å². The second kappa shape index (κ2) is 8.29. The van der Waals surface area contributed by atoms with Crippen LogP contribution in [0.15, 0.2) is 35.6 Å². The maximum absolute atomic E-state index is 12.4. The highest BCUT2D eigenvalue weighted by Crippen LogP contribution is 2.24. The molecule has 1 amide bonds. The maximum Gasteiger partial charge on any atom is 0.297 e. The molecule has 3 aromatic rings. The number of rotatable bonds is 5. The zero-order chi connectivity index (χ0) is 20.2. The Morgan fingerprint density at radius 2 is 2.10 bits per heavy atom. The van der Waals surface area contributed by atoms with Gasteiger partial charge in [-0.1, -0.05) is 0 Å². The smallest absolute Gasteiger partial charge is 0.297 e. The first-order valence-electron chi connectivity index (χ1n) is 9.03. The molecule has 0 atom stereocenters. The molecule has 150 valence electrons. The van der Waals surface area contributed by atoms with E-state index >= 15 is 0 Å². The summed E-state index contributed by atoms with van der Waals surface area (Å²) < 4.78 is 11.9. The van der Waals surface area contributed by atoms with Crippen LogP contribution in [-0.4, -0.2) is 76.5 Å². The van der Waals surface area contributed by atoms with Gasteiger partial charge in [0.15, 0.2) is 5.82 Å². The van der Waals surface area contributed by atoms with E-state index in [1.165, 1.54) is 7.11 Å². The number of hydrogen-bond donors (Lipinski definition) is 1. The predicted octanol–water partition coefficient (Wildman–Crippen LogP) is 0.191. The largest absolute Gasteiger partial charge is 0.385 e. The molecule has 1 aliphatic heterocycles. The van der Waals surface area contributed by atoms with Crippen molar-refractivity contribution in [1.29, 1.82) is 0 Å². The summed E-state index contributed by atoms with van der Waals surface area (Å²) in [5.74, 6) is 0.572. The van der Waals surface area contributed by atoms with E-state index in [1.54, 1.807) is 35.3 Å². The number of ether oxygens (including phenoxy) is 2. The van der Waals surface area contributed by atoms with Crippen LogP contribution in [0.1, 0.15) is 10.5 Å². The first-order valence-corrected chi connectivity index (χ1v) is 9.03. The van der Waals surface area contributed by atoms with E-state index in [0.717, 1.165) is 0 Å². The highest BCUT2D eigenvalue weighted by Gasteiger charge is 2.20. The van der Waals surface area contributed by atoms with Crippen LogP contribution < -0.4 is 10.6 Å². The Morgan fingerprint density at radius 1 is 1.28 bits per heavy atom.